The SMILES string of the molecule is NNC(=O)NCc1ccncc1. The fourth-order valence-corrected chi connectivity index (χ4v) is 0.734. The number of carbonyl (C=O) groups is 1. The van der Waals surface area contributed by atoms with Crippen LogP contribution < -0.4 is 16.6 Å². The quantitative estimate of drug-likeness (QED) is 0.322. The van der Waals surface area contributed by atoms with E-state index < -0.39 is 6.03 Å². The van der Waals surface area contributed by atoms with Crippen LogP contribution in [0.4, 0.5) is 4.79 Å². The third kappa shape index (κ3) is 2.55. The minimum Gasteiger partial charge on any atom is -0.333 e. The predicted octanol–water partition coefficient (Wildman–Crippen LogP) is -0.246. The lowest BCUT2D eigenvalue weighted by molar-refractivity contribution is 0.241. The minimum absolute atomic E-state index is 0.396. The van der Waals surface area contributed by atoms with Crippen molar-refractivity contribution in [2.45, 2.75) is 6.54 Å². The highest BCUT2D eigenvalue weighted by molar-refractivity contribution is 5.72. The molecule has 1 aromatic rings. The molecular formula is C7H10N4O. The topological polar surface area (TPSA) is 80.0 Å². The summed E-state index contributed by atoms with van der Waals surface area (Å²) in [6.07, 6.45) is 3.33. The number of nitrogens with one attached hydrogen (secondary N) is 2. The Kier molecular flexibility index (Phi) is 3.04. The molecule has 5 heteroatoms. The van der Waals surface area contributed by atoms with Gasteiger partial charge in [0.2, 0.25) is 0 Å². The van der Waals surface area contributed by atoms with Gasteiger partial charge in [0, 0.05) is 18.9 Å². The molecule has 0 aromatic carbocycles. The van der Waals surface area contributed by atoms with Crippen molar-refractivity contribution in [1.82, 2.24) is 15.7 Å². The monoisotopic (exact) mass is 166 g/mol. The van der Waals surface area contributed by atoms with Gasteiger partial charge in [0.1, 0.15) is 0 Å². The third-order valence-electron chi connectivity index (χ3n) is 1.33. The van der Waals surface area contributed by atoms with Gasteiger partial charge >= 0.3 is 6.03 Å². The summed E-state index contributed by atoms with van der Waals surface area (Å²) >= 11 is 0. The van der Waals surface area contributed by atoms with Crippen LogP contribution in [-0.4, -0.2) is 11.0 Å². The van der Waals surface area contributed by atoms with Crippen molar-refractivity contribution < 1.29 is 4.79 Å². The highest BCUT2D eigenvalue weighted by atomic mass is 16.2. The maximum absolute atomic E-state index is 10.6. The Morgan fingerprint density at radius 1 is 1.50 bits per heavy atom. The van der Waals surface area contributed by atoms with Gasteiger partial charge in [-0.25, -0.2) is 10.6 Å². The van der Waals surface area contributed by atoms with E-state index in [1.807, 2.05) is 17.6 Å². The number of hydrogen-bond donors (Lipinski definition) is 3. The summed E-state index contributed by atoms with van der Waals surface area (Å²) in [6, 6.07) is 3.24. The summed E-state index contributed by atoms with van der Waals surface area (Å²) in [6.45, 7) is 0.450. The lowest BCUT2D eigenvalue weighted by Crippen LogP contribution is -2.39. The number of nitrogens with two attached hydrogens (primary N) is 1. The zero-order valence-corrected chi connectivity index (χ0v) is 6.45. The maximum Gasteiger partial charge on any atom is 0.329 e. The second-order valence-electron chi connectivity index (χ2n) is 2.18. The van der Waals surface area contributed by atoms with Crippen molar-refractivity contribution in [3.63, 3.8) is 0 Å². The number of aromatic nitrogens is 1. The number of urea groups is 1. The number of carbonyl (C=O) groups excluding carboxylic acids is 1. The minimum atomic E-state index is -0.396. The molecule has 5 nitrogen and oxygen atoms in total. The summed E-state index contributed by atoms with van der Waals surface area (Å²) in [5, 5.41) is 2.55. The average molecular weight is 166 g/mol. The van der Waals surface area contributed by atoms with Gasteiger partial charge in [-0.3, -0.25) is 10.4 Å². The predicted molar refractivity (Wildman–Crippen MR) is 43.8 cm³/mol. The van der Waals surface area contributed by atoms with E-state index in [0.717, 1.165) is 5.56 Å². The molecule has 4 N–H and O–H groups in total. The first-order chi connectivity index (χ1) is 5.83. The summed E-state index contributed by atoms with van der Waals surface area (Å²) < 4.78 is 0. The summed E-state index contributed by atoms with van der Waals surface area (Å²) in [7, 11) is 0. The Morgan fingerprint density at radius 3 is 2.75 bits per heavy atom. The number of nitrogens with zero attached hydrogens (tertiary/aromatic N) is 1. The van der Waals surface area contributed by atoms with E-state index in [1.54, 1.807) is 12.4 Å². The summed E-state index contributed by atoms with van der Waals surface area (Å²) in [4.78, 5) is 14.5. The Balaban J connectivity index is 2.38. The lowest BCUT2D eigenvalue weighted by atomic mass is 10.3. The van der Waals surface area contributed by atoms with E-state index >= 15 is 0 Å². The van der Waals surface area contributed by atoms with Crippen LogP contribution in [0.25, 0.3) is 0 Å². The highest BCUT2D eigenvalue weighted by Gasteiger charge is 1.95. The summed E-state index contributed by atoms with van der Waals surface area (Å²) in [5.74, 6) is 4.86. The molecule has 2 amide bonds. The van der Waals surface area contributed by atoms with Crippen LogP contribution in [0.1, 0.15) is 5.56 Å². The van der Waals surface area contributed by atoms with E-state index in [4.69, 9.17) is 5.84 Å². The second-order valence-corrected chi connectivity index (χ2v) is 2.18. The van der Waals surface area contributed by atoms with Crippen LogP contribution >= 0.6 is 0 Å². The second kappa shape index (κ2) is 4.30. The molecule has 1 rings (SSSR count). The Bertz CT molecular complexity index is 249. The fourth-order valence-electron chi connectivity index (χ4n) is 0.734. The molecule has 0 unspecified atom stereocenters. The van der Waals surface area contributed by atoms with Gasteiger partial charge in [-0.2, -0.15) is 0 Å². The van der Waals surface area contributed by atoms with Gasteiger partial charge in [-0.05, 0) is 17.7 Å². The van der Waals surface area contributed by atoms with Crippen molar-refractivity contribution in [2.75, 3.05) is 0 Å². The lowest BCUT2D eigenvalue weighted by Gasteiger charge is -2.02. The Morgan fingerprint density at radius 2 is 2.17 bits per heavy atom. The van der Waals surface area contributed by atoms with E-state index in [2.05, 4.69) is 10.3 Å². The standard InChI is InChI=1S/C7H10N4O/c8-11-7(12)10-5-6-1-3-9-4-2-6/h1-4H,5,8H2,(H2,10,11,12). The molecule has 1 heterocycles. The molecule has 0 atom stereocenters. The van der Waals surface area contributed by atoms with Crippen LogP contribution in [0.2, 0.25) is 0 Å². The van der Waals surface area contributed by atoms with Crippen molar-refractivity contribution in [3.05, 3.63) is 30.1 Å². The first-order valence-corrected chi connectivity index (χ1v) is 3.46. The number of hydrazine groups is 1. The van der Waals surface area contributed by atoms with Crippen molar-refractivity contribution >= 4 is 6.03 Å². The van der Waals surface area contributed by atoms with E-state index in [9.17, 15) is 4.79 Å². The first kappa shape index (κ1) is 8.48. The Labute approximate surface area is 70.0 Å². The first-order valence-electron chi connectivity index (χ1n) is 3.46. The molecule has 0 fully saturated rings. The van der Waals surface area contributed by atoms with Crippen LogP contribution in [0.5, 0.6) is 0 Å². The molecule has 0 aliphatic heterocycles. The molecule has 0 spiro atoms. The fraction of sp³-hybridized carbons (Fsp3) is 0.143. The molecule has 0 saturated heterocycles. The zero-order chi connectivity index (χ0) is 8.81. The normalized spacial score (nSPS) is 9.08. The number of pyridine rings is 1. The van der Waals surface area contributed by atoms with Crippen LogP contribution in [0, 0.1) is 0 Å². The molecule has 0 bridgehead atoms. The van der Waals surface area contributed by atoms with Crippen LogP contribution in [0.3, 0.4) is 0 Å². The van der Waals surface area contributed by atoms with Crippen LogP contribution in [0.15, 0.2) is 24.5 Å². The zero-order valence-electron chi connectivity index (χ0n) is 6.45. The molecule has 64 valence electrons. The van der Waals surface area contributed by atoms with Gasteiger partial charge in [0.15, 0.2) is 0 Å². The van der Waals surface area contributed by atoms with Gasteiger partial charge in [-0.15, -0.1) is 0 Å². The van der Waals surface area contributed by atoms with Gasteiger partial charge in [0.25, 0.3) is 0 Å². The largest absolute Gasteiger partial charge is 0.333 e. The van der Waals surface area contributed by atoms with Gasteiger partial charge < -0.3 is 5.32 Å². The summed E-state index contributed by atoms with van der Waals surface area (Å²) in [5.41, 5.74) is 2.95. The van der Waals surface area contributed by atoms with E-state index in [0.29, 0.717) is 6.54 Å². The third-order valence-corrected chi connectivity index (χ3v) is 1.33. The molecule has 1 aromatic heterocycles. The maximum atomic E-state index is 10.6. The molecular weight excluding hydrogens is 156 g/mol. The molecule has 0 saturated carbocycles. The van der Waals surface area contributed by atoms with Gasteiger partial charge in [0.05, 0.1) is 0 Å². The van der Waals surface area contributed by atoms with Crippen LogP contribution in [-0.2, 0) is 6.54 Å². The average Bonchev–Trinajstić information content (AvgIpc) is 2.16. The van der Waals surface area contributed by atoms with Gasteiger partial charge in [-0.1, -0.05) is 0 Å². The highest BCUT2D eigenvalue weighted by Crippen LogP contribution is 1.93. The smallest absolute Gasteiger partial charge is 0.329 e. The number of rotatable bonds is 2. The molecule has 0 radical (unpaired) electrons. The number of amides is 2. The van der Waals surface area contributed by atoms with E-state index in [-0.39, 0.29) is 0 Å². The molecule has 12 heavy (non-hydrogen) atoms. The van der Waals surface area contributed by atoms with Crippen molar-refractivity contribution in [3.8, 4) is 0 Å². The number of hydrogen-bond acceptors (Lipinski definition) is 3. The molecule has 0 aliphatic rings. The van der Waals surface area contributed by atoms with Crippen molar-refractivity contribution in [1.29, 1.82) is 0 Å². The van der Waals surface area contributed by atoms with Crippen molar-refractivity contribution in [2.24, 2.45) is 5.84 Å². The Hall–Kier alpha value is -1.62. The van der Waals surface area contributed by atoms with E-state index in [1.165, 1.54) is 0 Å². The molecule has 0 aliphatic carbocycles.